The van der Waals surface area contributed by atoms with Gasteiger partial charge in [-0.05, 0) is 31.2 Å². The molecule has 1 N–H and O–H groups in total. The molecule has 0 aliphatic rings. The maximum atomic E-state index is 8.60. The standard InChI is InChI=1S/C13H12N2O/c1-10-2-4-11(5-3-10)15-9-13-7-6-12(8-14)16-13/h2-7,15H,9H2,1H3. The molecule has 0 spiro atoms. The molecule has 1 heterocycles. The summed E-state index contributed by atoms with van der Waals surface area (Å²) in [6.07, 6.45) is 0. The van der Waals surface area contributed by atoms with E-state index in [1.165, 1.54) is 5.56 Å². The summed E-state index contributed by atoms with van der Waals surface area (Å²) in [5, 5.41) is 11.8. The number of benzene rings is 1. The molecule has 0 saturated carbocycles. The van der Waals surface area contributed by atoms with E-state index in [0.29, 0.717) is 12.3 Å². The second-order valence-electron chi connectivity index (χ2n) is 3.60. The molecule has 0 unspecified atom stereocenters. The molecule has 2 aromatic rings. The Morgan fingerprint density at radius 3 is 2.56 bits per heavy atom. The Morgan fingerprint density at radius 1 is 1.19 bits per heavy atom. The normalized spacial score (nSPS) is 9.75. The Labute approximate surface area is 94.3 Å². The second kappa shape index (κ2) is 4.54. The van der Waals surface area contributed by atoms with Gasteiger partial charge in [-0.3, -0.25) is 0 Å². The molecular formula is C13H12N2O. The number of aryl methyl sites for hydroxylation is 1. The number of furan rings is 1. The predicted molar refractivity (Wildman–Crippen MR) is 61.9 cm³/mol. The molecule has 3 nitrogen and oxygen atoms in total. The fraction of sp³-hybridized carbons (Fsp3) is 0.154. The average Bonchev–Trinajstić information content (AvgIpc) is 2.76. The van der Waals surface area contributed by atoms with Gasteiger partial charge < -0.3 is 9.73 Å². The van der Waals surface area contributed by atoms with E-state index in [1.807, 2.05) is 30.3 Å². The van der Waals surface area contributed by atoms with Crippen molar-refractivity contribution in [1.82, 2.24) is 0 Å². The minimum atomic E-state index is 0.348. The molecule has 2 rings (SSSR count). The van der Waals surface area contributed by atoms with Crippen molar-refractivity contribution in [2.45, 2.75) is 13.5 Å². The molecule has 3 heteroatoms. The van der Waals surface area contributed by atoms with Gasteiger partial charge in [0.2, 0.25) is 5.76 Å². The van der Waals surface area contributed by atoms with Crippen LogP contribution in [0.1, 0.15) is 17.1 Å². The monoisotopic (exact) mass is 212 g/mol. The number of nitriles is 1. The SMILES string of the molecule is Cc1ccc(NCc2ccc(C#N)o2)cc1. The Hall–Kier alpha value is -2.21. The van der Waals surface area contributed by atoms with E-state index >= 15 is 0 Å². The molecule has 80 valence electrons. The lowest BCUT2D eigenvalue weighted by Gasteiger charge is -2.04. The number of anilines is 1. The lowest BCUT2D eigenvalue weighted by Crippen LogP contribution is -1.97. The largest absolute Gasteiger partial charge is 0.449 e. The minimum absolute atomic E-state index is 0.348. The van der Waals surface area contributed by atoms with E-state index < -0.39 is 0 Å². The van der Waals surface area contributed by atoms with Crippen LogP contribution in [0.4, 0.5) is 5.69 Å². The molecule has 0 fully saturated rings. The maximum absolute atomic E-state index is 8.60. The van der Waals surface area contributed by atoms with Gasteiger partial charge in [0, 0.05) is 5.69 Å². The van der Waals surface area contributed by atoms with Crippen molar-refractivity contribution < 1.29 is 4.42 Å². The maximum Gasteiger partial charge on any atom is 0.203 e. The fourth-order valence-corrected chi connectivity index (χ4v) is 1.39. The van der Waals surface area contributed by atoms with E-state index in [-0.39, 0.29) is 0 Å². The van der Waals surface area contributed by atoms with Crippen molar-refractivity contribution in [2.24, 2.45) is 0 Å². The van der Waals surface area contributed by atoms with Gasteiger partial charge >= 0.3 is 0 Å². The van der Waals surface area contributed by atoms with Crippen molar-refractivity contribution in [3.05, 3.63) is 53.5 Å². The van der Waals surface area contributed by atoms with E-state index in [2.05, 4.69) is 12.2 Å². The zero-order valence-electron chi connectivity index (χ0n) is 9.03. The third-order valence-corrected chi connectivity index (χ3v) is 2.29. The van der Waals surface area contributed by atoms with E-state index in [1.54, 1.807) is 12.1 Å². The number of rotatable bonds is 3. The highest BCUT2D eigenvalue weighted by atomic mass is 16.3. The molecular weight excluding hydrogens is 200 g/mol. The molecule has 0 amide bonds. The molecule has 0 atom stereocenters. The third kappa shape index (κ3) is 2.43. The van der Waals surface area contributed by atoms with Crippen LogP contribution in [0.2, 0.25) is 0 Å². The number of nitrogens with zero attached hydrogens (tertiary/aromatic N) is 1. The van der Waals surface area contributed by atoms with Crippen molar-refractivity contribution >= 4 is 5.69 Å². The first-order valence-electron chi connectivity index (χ1n) is 5.07. The molecule has 1 aromatic heterocycles. The summed E-state index contributed by atoms with van der Waals surface area (Å²) >= 11 is 0. The Bertz CT molecular complexity index is 505. The van der Waals surface area contributed by atoms with Gasteiger partial charge in [-0.2, -0.15) is 5.26 Å². The van der Waals surface area contributed by atoms with Crippen LogP contribution in [-0.2, 0) is 6.54 Å². The first-order valence-corrected chi connectivity index (χ1v) is 5.07. The summed E-state index contributed by atoms with van der Waals surface area (Å²) in [5.41, 5.74) is 2.27. The molecule has 0 bridgehead atoms. The zero-order chi connectivity index (χ0) is 11.4. The van der Waals surface area contributed by atoms with Crippen LogP contribution < -0.4 is 5.32 Å². The Morgan fingerprint density at radius 2 is 1.94 bits per heavy atom. The van der Waals surface area contributed by atoms with Crippen LogP contribution in [0, 0.1) is 18.3 Å². The summed E-state index contributed by atoms with van der Waals surface area (Å²) in [4.78, 5) is 0. The smallest absolute Gasteiger partial charge is 0.203 e. The fourth-order valence-electron chi connectivity index (χ4n) is 1.39. The number of nitrogens with one attached hydrogen (secondary N) is 1. The predicted octanol–water partition coefficient (Wildman–Crippen LogP) is 3.07. The highest BCUT2D eigenvalue weighted by Gasteiger charge is 2.00. The van der Waals surface area contributed by atoms with Crippen molar-refractivity contribution in [2.75, 3.05) is 5.32 Å². The topological polar surface area (TPSA) is 49.0 Å². The lowest BCUT2D eigenvalue weighted by atomic mass is 10.2. The molecule has 0 aliphatic heterocycles. The van der Waals surface area contributed by atoms with Gasteiger partial charge in [0.25, 0.3) is 0 Å². The quantitative estimate of drug-likeness (QED) is 0.850. The molecule has 16 heavy (non-hydrogen) atoms. The van der Waals surface area contributed by atoms with Crippen molar-refractivity contribution in [1.29, 1.82) is 5.26 Å². The van der Waals surface area contributed by atoms with E-state index in [4.69, 9.17) is 9.68 Å². The van der Waals surface area contributed by atoms with Gasteiger partial charge in [0.1, 0.15) is 11.8 Å². The summed E-state index contributed by atoms with van der Waals surface area (Å²) in [5.74, 6) is 1.11. The third-order valence-electron chi connectivity index (χ3n) is 2.29. The van der Waals surface area contributed by atoms with E-state index in [9.17, 15) is 0 Å². The van der Waals surface area contributed by atoms with Crippen molar-refractivity contribution in [3.8, 4) is 6.07 Å². The first kappa shape index (κ1) is 10.3. The van der Waals surface area contributed by atoms with Crippen LogP contribution >= 0.6 is 0 Å². The molecule has 0 aliphatic carbocycles. The summed E-state index contributed by atoms with van der Waals surface area (Å²) in [6.45, 7) is 2.64. The van der Waals surface area contributed by atoms with Gasteiger partial charge in [-0.1, -0.05) is 17.7 Å². The van der Waals surface area contributed by atoms with Crippen LogP contribution in [0.5, 0.6) is 0 Å². The summed E-state index contributed by atoms with van der Waals surface area (Å²) < 4.78 is 5.25. The highest BCUT2D eigenvalue weighted by molar-refractivity contribution is 5.44. The Balaban J connectivity index is 1.97. The Kier molecular flexibility index (Phi) is 2.93. The second-order valence-corrected chi connectivity index (χ2v) is 3.60. The van der Waals surface area contributed by atoms with Crippen LogP contribution in [0.25, 0.3) is 0 Å². The minimum Gasteiger partial charge on any atom is -0.449 e. The lowest BCUT2D eigenvalue weighted by molar-refractivity contribution is 0.506. The first-order chi connectivity index (χ1) is 7.78. The summed E-state index contributed by atoms with van der Waals surface area (Å²) in [6, 6.07) is 13.6. The van der Waals surface area contributed by atoms with Gasteiger partial charge in [-0.15, -0.1) is 0 Å². The van der Waals surface area contributed by atoms with Gasteiger partial charge in [-0.25, -0.2) is 0 Å². The van der Waals surface area contributed by atoms with Gasteiger partial charge in [0.15, 0.2) is 0 Å². The summed E-state index contributed by atoms with van der Waals surface area (Å²) in [7, 11) is 0. The molecule has 1 aromatic carbocycles. The van der Waals surface area contributed by atoms with E-state index in [0.717, 1.165) is 11.4 Å². The van der Waals surface area contributed by atoms with Crippen LogP contribution in [0.3, 0.4) is 0 Å². The molecule has 0 saturated heterocycles. The zero-order valence-corrected chi connectivity index (χ0v) is 9.03. The highest BCUT2D eigenvalue weighted by Crippen LogP contribution is 2.12. The van der Waals surface area contributed by atoms with Crippen molar-refractivity contribution in [3.63, 3.8) is 0 Å². The van der Waals surface area contributed by atoms with Gasteiger partial charge in [0.05, 0.1) is 6.54 Å². The van der Waals surface area contributed by atoms with Crippen LogP contribution in [-0.4, -0.2) is 0 Å². The van der Waals surface area contributed by atoms with Crippen LogP contribution in [0.15, 0.2) is 40.8 Å². The number of hydrogen-bond acceptors (Lipinski definition) is 3. The number of hydrogen-bond donors (Lipinski definition) is 1. The molecule has 0 radical (unpaired) electrons. The average molecular weight is 212 g/mol.